The van der Waals surface area contributed by atoms with Crippen LogP contribution in [0.25, 0.3) is 22.4 Å². The Kier molecular flexibility index (Phi) is 2.77. The number of aromatic amines is 1. The van der Waals surface area contributed by atoms with Crippen molar-refractivity contribution in [2.24, 2.45) is 0 Å². The van der Waals surface area contributed by atoms with Gasteiger partial charge in [0.15, 0.2) is 0 Å². The van der Waals surface area contributed by atoms with Crippen molar-refractivity contribution in [3.63, 3.8) is 0 Å². The molecule has 0 aliphatic heterocycles. The van der Waals surface area contributed by atoms with Gasteiger partial charge in [-0.2, -0.15) is 0 Å². The van der Waals surface area contributed by atoms with Crippen molar-refractivity contribution in [1.29, 1.82) is 0 Å². The summed E-state index contributed by atoms with van der Waals surface area (Å²) < 4.78 is 0. The number of hydrogen-bond acceptors (Lipinski definition) is 3. The van der Waals surface area contributed by atoms with Crippen LogP contribution in [0.1, 0.15) is 0 Å². The number of phenols is 2. The minimum absolute atomic E-state index is 0.0590. The van der Waals surface area contributed by atoms with Gasteiger partial charge in [0.1, 0.15) is 22.9 Å². The first kappa shape index (κ1) is 12.1. The van der Waals surface area contributed by atoms with E-state index in [2.05, 4.69) is 9.97 Å². The number of nitrogens with one attached hydrogen (secondary N) is 1. The van der Waals surface area contributed by atoms with Crippen LogP contribution >= 0.6 is 23.2 Å². The molecule has 6 heteroatoms. The highest BCUT2D eigenvalue weighted by atomic mass is 35.5. The summed E-state index contributed by atoms with van der Waals surface area (Å²) in [6, 6.07) is 7.76. The molecule has 0 saturated carbocycles. The molecule has 0 saturated heterocycles. The first-order valence-electron chi connectivity index (χ1n) is 5.42. The largest absolute Gasteiger partial charge is 0.507 e. The number of aromatic nitrogens is 2. The zero-order chi connectivity index (χ0) is 13.6. The summed E-state index contributed by atoms with van der Waals surface area (Å²) in [6.45, 7) is 0. The summed E-state index contributed by atoms with van der Waals surface area (Å²) in [7, 11) is 0. The summed E-state index contributed by atoms with van der Waals surface area (Å²) >= 11 is 11.8. The van der Waals surface area contributed by atoms with Gasteiger partial charge in [0.05, 0.1) is 21.1 Å². The van der Waals surface area contributed by atoms with Crippen molar-refractivity contribution < 1.29 is 10.2 Å². The summed E-state index contributed by atoms with van der Waals surface area (Å²) in [5, 5.41) is 20.4. The molecule has 0 atom stereocenters. The van der Waals surface area contributed by atoms with Crippen LogP contribution in [-0.2, 0) is 0 Å². The Hall–Kier alpha value is -1.91. The Bertz CT molecular complexity index is 724. The maximum Gasteiger partial charge on any atom is 0.146 e. The van der Waals surface area contributed by atoms with Crippen LogP contribution in [0.2, 0.25) is 10.0 Å². The van der Waals surface area contributed by atoms with Crippen LogP contribution < -0.4 is 0 Å². The van der Waals surface area contributed by atoms with Crippen molar-refractivity contribution in [2.75, 3.05) is 0 Å². The molecule has 0 radical (unpaired) electrons. The minimum Gasteiger partial charge on any atom is -0.507 e. The maximum absolute atomic E-state index is 9.81. The highest BCUT2D eigenvalue weighted by Crippen LogP contribution is 2.37. The maximum atomic E-state index is 9.81. The van der Waals surface area contributed by atoms with E-state index in [9.17, 15) is 10.2 Å². The number of H-pyrrole nitrogens is 1. The van der Waals surface area contributed by atoms with Crippen molar-refractivity contribution in [3.05, 3.63) is 40.4 Å². The number of halogens is 2. The predicted octanol–water partition coefficient (Wildman–Crippen LogP) is 3.95. The molecule has 3 N–H and O–H groups in total. The summed E-state index contributed by atoms with van der Waals surface area (Å²) in [5.41, 5.74) is 1.52. The van der Waals surface area contributed by atoms with Gasteiger partial charge in [0.2, 0.25) is 0 Å². The van der Waals surface area contributed by atoms with Gasteiger partial charge in [-0.15, -0.1) is 0 Å². The van der Waals surface area contributed by atoms with Crippen molar-refractivity contribution in [1.82, 2.24) is 9.97 Å². The molecule has 0 fully saturated rings. The molecule has 1 heterocycles. The number of fused-ring (bicyclic) bond motifs is 1. The van der Waals surface area contributed by atoms with E-state index in [1.807, 2.05) is 0 Å². The van der Waals surface area contributed by atoms with Crippen molar-refractivity contribution in [3.8, 4) is 22.9 Å². The van der Waals surface area contributed by atoms with Crippen molar-refractivity contribution >= 4 is 34.2 Å². The molecule has 96 valence electrons. The second-order valence-corrected chi connectivity index (χ2v) is 4.85. The molecule has 0 aliphatic rings. The van der Waals surface area contributed by atoms with Crippen LogP contribution in [0.5, 0.6) is 11.5 Å². The minimum atomic E-state index is -0.0590. The lowest BCUT2D eigenvalue weighted by atomic mass is 10.1. The average Bonchev–Trinajstić information content (AvgIpc) is 2.72. The Labute approximate surface area is 118 Å². The molecule has 0 aliphatic carbocycles. The third-order valence-corrected chi connectivity index (χ3v) is 3.50. The van der Waals surface area contributed by atoms with Gasteiger partial charge in [-0.1, -0.05) is 29.3 Å². The zero-order valence-corrected chi connectivity index (χ0v) is 11.0. The van der Waals surface area contributed by atoms with Gasteiger partial charge in [-0.3, -0.25) is 0 Å². The zero-order valence-electron chi connectivity index (χ0n) is 9.48. The molecular formula is C13H8Cl2N2O2. The van der Waals surface area contributed by atoms with Crippen LogP contribution in [-0.4, -0.2) is 20.2 Å². The molecule has 3 aromatic rings. The van der Waals surface area contributed by atoms with E-state index in [-0.39, 0.29) is 17.1 Å². The fourth-order valence-corrected chi connectivity index (χ4v) is 2.22. The second kappa shape index (κ2) is 4.33. The number of aromatic hydroxyl groups is 2. The molecule has 0 amide bonds. The van der Waals surface area contributed by atoms with Gasteiger partial charge in [-0.05, 0) is 24.3 Å². The van der Waals surface area contributed by atoms with Crippen LogP contribution in [0.15, 0.2) is 30.3 Å². The number of rotatable bonds is 1. The molecule has 1 aromatic heterocycles. The van der Waals surface area contributed by atoms with E-state index in [0.29, 0.717) is 26.9 Å². The lowest BCUT2D eigenvalue weighted by molar-refractivity contribution is 0.453. The van der Waals surface area contributed by atoms with Gasteiger partial charge >= 0.3 is 0 Å². The number of nitrogens with zero attached hydrogens (tertiary/aromatic N) is 1. The first-order valence-corrected chi connectivity index (χ1v) is 6.18. The van der Waals surface area contributed by atoms with Crippen LogP contribution in [0, 0.1) is 0 Å². The molecule has 19 heavy (non-hydrogen) atoms. The fraction of sp³-hybridized carbons (Fsp3) is 0. The third kappa shape index (κ3) is 1.99. The van der Waals surface area contributed by atoms with E-state index in [1.165, 1.54) is 12.1 Å². The topological polar surface area (TPSA) is 69.1 Å². The summed E-state index contributed by atoms with van der Waals surface area (Å²) in [6.07, 6.45) is 0. The predicted molar refractivity (Wildman–Crippen MR) is 74.9 cm³/mol. The number of benzene rings is 2. The second-order valence-electron chi connectivity index (χ2n) is 4.04. The van der Waals surface area contributed by atoms with Gasteiger partial charge in [0, 0.05) is 0 Å². The van der Waals surface area contributed by atoms with Gasteiger partial charge in [-0.25, -0.2) is 4.98 Å². The Balaban J connectivity index is 2.26. The summed E-state index contributed by atoms with van der Waals surface area (Å²) in [4.78, 5) is 7.28. The lowest BCUT2D eigenvalue weighted by Crippen LogP contribution is -1.82. The Morgan fingerprint density at radius 3 is 2.32 bits per heavy atom. The number of phenolic OH excluding ortho intramolecular Hbond substituents is 2. The fourth-order valence-electron chi connectivity index (χ4n) is 1.89. The first-order chi connectivity index (χ1) is 9.06. The van der Waals surface area contributed by atoms with E-state index in [4.69, 9.17) is 23.2 Å². The van der Waals surface area contributed by atoms with E-state index < -0.39 is 0 Å². The van der Waals surface area contributed by atoms with Crippen LogP contribution in [0.4, 0.5) is 0 Å². The number of imidazole rings is 1. The van der Waals surface area contributed by atoms with E-state index in [0.717, 1.165) is 0 Å². The van der Waals surface area contributed by atoms with E-state index >= 15 is 0 Å². The molecule has 2 aromatic carbocycles. The average molecular weight is 295 g/mol. The SMILES string of the molecule is Oc1cccc(O)c1-c1nc2cc(Cl)c(Cl)cc2[nH]1. The molecular weight excluding hydrogens is 287 g/mol. The van der Waals surface area contributed by atoms with Crippen molar-refractivity contribution in [2.45, 2.75) is 0 Å². The molecule has 4 nitrogen and oxygen atoms in total. The lowest BCUT2D eigenvalue weighted by Gasteiger charge is -2.02. The third-order valence-electron chi connectivity index (χ3n) is 2.78. The molecule has 0 spiro atoms. The smallest absolute Gasteiger partial charge is 0.146 e. The monoisotopic (exact) mass is 294 g/mol. The summed E-state index contributed by atoms with van der Waals surface area (Å²) in [5.74, 6) is 0.233. The highest BCUT2D eigenvalue weighted by Gasteiger charge is 2.14. The quantitative estimate of drug-likeness (QED) is 0.636. The molecule has 0 bridgehead atoms. The number of hydrogen-bond donors (Lipinski definition) is 3. The van der Waals surface area contributed by atoms with Crippen LogP contribution in [0.3, 0.4) is 0 Å². The molecule has 3 rings (SSSR count). The normalized spacial score (nSPS) is 11.1. The van der Waals surface area contributed by atoms with Gasteiger partial charge in [0.25, 0.3) is 0 Å². The molecule has 0 unspecified atom stereocenters. The highest BCUT2D eigenvalue weighted by molar-refractivity contribution is 6.42. The van der Waals surface area contributed by atoms with Gasteiger partial charge < -0.3 is 15.2 Å². The standard InChI is InChI=1S/C13H8Cl2N2O2/c14-6-4-8-9(5-7(6)15)17-13(16-8)12-10(18)2-1-3-11(12)19/h1-5,18-19H,(H,16,17). The Morgan fingerprint density at radius 1 is 1.00 bits per heavy atom. The van der Waals surface area contributed by atoms with E-state index in [1.54, 1.807) is 18.2 Å². The Morgan fingerprint density at radius 2 is 1.63 bits per heavy atom.